The zero-order chi connectivity index (χ0) is 14.6. The van der Waals surface area contributed by atoms with Crippen molar-refractivity contribution in [3.8, 4) is 0 Å². The van der Waals surface area contributed by atoms with E-state index < -0.39 is 4.92 Å². The van der Waals surface area contributed by atoms with Gasteiger partial charge in [-0.25, -0.2) is 0 Å². The van der Waals surface area contributed by atoms with Crippen LogP contribution in [0, 0.1) is 16.0 Å². The van der Waals surface area contributed by atoms with Gasteiger partial charge < -0.3 is 10.2 Å². The van der Waals surface area contributed by atoms with E-state index in [4.69, 9.17) is 0 Å². The van der Waals surface area contributed by atoms with Crippen molar-refractivity contribution < 1.29 is 9.72 Å². The molecule has 1 amide bonds. The molecule has 6 nitrogen and oxygen atoms in total. The maximum Gasteiger partial charge on any atom is 0.270 e. The second-order valence-electron chi connectivity index (χ2n) is 4.81. The van der Waals surface area contributed by atoms with E-state index in [0.29, 0.717) is 17.2 Å². The number of hydrogen-bond donors (Lipinski definition) is 1. The summed E-state index contributed by atoms with van der Waals surface area (Å²) in [5.41, 5.74) is 0.929. The summed E-state index contributed by atoms with van der Waals surface area (Å²) in [4.78, 5) is 24.1. The van der Waals surface area contributed by atoms with E-state index in [9.17, 15) is 14.9 Å². The van der Waals surface area contributed by atoms with Crippen LogP contribution in [0.25, 0.3) is 0 Å². The van der Waals surface area contributed by atoms with Crippen LogP contribution < -0.4 is 10.2 Å². The average molecular weight is 265 g/mol. The van der Waals surface area contributed by atoms with Gasteiger partial charge in [0.1, 0.15) is 0 Å². The van der Waals surface area contributed by atoms with Crippen LogP contribution in [0.1, 0.15) is 24.2 Å². The first-order valence-corrected chi connectivity index (χ1v) is 6.08. The minimum Gasteiger partial charge on any atom is -0.374 e. The Bertz CT molecular complexity index is 486. The molecule has 6 heteroatoms. The van der Waals surface area contributed by atoms with Gasteiger partial charge in [0.15, 0.2) is 0 Å². The number of hydrogen-bond acceptors (Lipinski definition) is 4. The lowest BCUT2D eigenvalue weighted by Gasteiger charge is -2.23. The van der Waals surface area contributed by atoms with Crippen LogP contribution in [0.5, 0.6) is 0 Å². The van der Waals surface area contributed by atoms with E-state index in [1.54, 1.807) is 6.07 Å². The molecule has 1 aromatic carbocycles. The topological polar surface area (TPSA) is 75.5 Å². The number of nitro benzene ring substituents is 1. The van der Waals surface area contributed by atoms with Gasteiger partial charge in [0, 0.05) is 38.5 Å². The summed E-state index contributed by atoms with van der Waals surface area (Å²) in [6.45, 7) is 4.91. The molecule has 0 aliphatic rings. The predicted molar refractivity (Wildman–Crippen MR) is 74.6 cm³/mol. The number of non-ortho nitro benzene ring substituents is 1. The molecule has 0 bridgehead atoms. The van der Waals surface area contributed by atoms with Gasteiger partial charge in [0.2, 0.25) is 0 Å². The van der Waals surface area contributed by atoms with Gasteiger partial charge in [-0.15, -0.1) is 0 Å². The number of nitrogens with one attached hydrogen (secondary N) is 1. The van der Waals surface area contributed by atoms with Crippen molar-refractivity contribution in [3.63, 3.8) is 0 Å². The molecule has 0 aliphatic heterocycles. The van der Waals surface area contributed by atoms with Crippen molar-refractivity contribution in [2.75, 3.05) is 25.5 Å². The zero-order valence-electron chi connectivity index (χ0n) is 11.6. The Labute approximate surface area is 112 Å². The monoisotopic (exact) mass is 265 g/mol. The quantitative estimate of drug-likeness (QED) is 0.653. The molecule has 0 radical (unpaired) electrons. The highest BCUT2D eigenvalue weighted by Crippen LogP contribution is 2.25. The van der Waals surface area contributed by atoms with Crippen molar-refractivity contribution in [1.82, 2.24) is 5.32 Å². The van der Waals surface area contributed by atoms with Gasteiger partial charge in [-0.2, -0.15) is 0 Å². The molecule has 0 atom stereocenters. The standard InChI is InChI=1S/C13H19N3O3/c1-9(2)8-15(4)12-6-5-10(16(18)19)7-11(12)13(17)14-3/h5-7,9H,8H2,1-4H3,(H,14,17). The summed E-state index contributed by atoms with van der Waals surface area (Å²) in [5.74, 6) is 0.104. The average Bonchev–Trinajstić information content (AvgIpc) is 2.36. The third-order valence-electron chi connectivity index (χ3n) is 2.71. The summed E-state index contributed by atoms with van der Waals surface area (Å²) in [6.07, 6.45) is 0. The fourth-order valence-electron chi connectivity index (χ4n) is 1.93. The van der Waals surface area contributed by atoms with Gasteiger partial charge in [0.05, 0.1) is 10.5 Å². The molecule has 0 unspecified atom stereocenters. The molecule has 0 saturated heterocycles. The van der Waals surface area contributed by atoms with Crippen molar-refractivity contribution in [1.29, 1.82) is 0 Å². The van der Waals surface area contributed by atoms with Crippen LogP contribution in [0.3, 0.4) is 0 Å². The third kappa shape index (κ3) is 3.67. The molecule has 0 heterocycles. The van der Waals surface area contributed by atoms with Crippen LogP contribution in [0.2, 0.25) is 0 Å². The minimum atomic E-state index is -0.501. The molecule has 0 spiro atoms. The second kappa shape index (κ2) is 6.17. The molecule has 0 fully saturated rings. The first kappa shape index (κ1) is 14.9. The maximum atomic E-state index is 11.8. The largest absolute Gasteiger partial charge is 0.374 e. The highest BCUT2D eigenvalue weighted by molar-refractivity contribution is 6.00. The Morgan fingerprint density at radius 2 is 2.11 bits per heavy atom. The molecular formula is C13H19N3O3. The summed E-state index contributed by atoms with van der Waals surface area (Å²) < 4.78 is 0. The van der Waals surface area contributed by atoms with E-state index >= 15 is 0 Å². The molecule has 19 heavy (non-hydrogen) atoms. The Hall–Kier alpha value is -2.11. The summed E-state index contributed by atoms with van der Waals surface area (Å²) in [7, 11) is 3.38. The highest BCUT2D eigenvalue weighted by Gasteiger charge is 2.18. The fourth-order valence-corrected chi connectivity index (χ4v) is 1.93. The van der Waals surface area contributed by atoms with Crippen LogP contribution >= 0.6 is 0 Å². The van der Waals surface area contributed by atoms with Crippen molar-refractivity contribution in [2.45, 2.75) is 13.8 Å². The maximum absolute atomic E-state index is 11.8. The van der Waals surface area contributed by atoms with Crippen molar-refractivity contribution in [3.05, 3.63) is 33.9 Å². The lowest BCUT2D eigenvalue weighted by Crippen LogP contribution is -2.27. The minimum absolute atomic E-state index is 0.0831. The Morgan fingerprint density at radius 1 is 1.47 bits per heavy atom. The molecule has 0 aliphatic carbocycles. The predicted octanol–water partition coefficient (Wildman–Crippen LogP) is 2.05. The number of anilines is 1. The summed E-state index contributed by atoms with van der Waals surface area (Å²) in [6, 6.07) is 4.34. The molecule has 0 saturated carbocycles. The van der Waals surface area contributed by atoms with Gasteiger partial charge in [-0.3, -0.25) is 14.9 Å². The third-order valence-corrected chi connectivity index (χ3v) is 2.71. The molecule has 0 aromatic heterocycles. The molecule has 1 aromatic rings. The van der Waals surface area contributed by atoms with E-state index in [2.05, 4.69) is 19.2 Å². The normalized spacial score (nSPS) is 10.4. The van der Waals surface area contributed by atoms with E-state index in [1.807, 2.05) is 11.9 Å². The summed E-state index contributed by atoms with van der Waals surface area (Å²) >= 11 is 0. The van der Waals surface area contributed by atoms with Gasteiger partial charge in [-0.1, -0.05) is 13.8 Å². The molecular weight excluding hydrogens is 246 g/mol. The van der Waals surface area contributed by atoms with E-state index in [-0.39, 0.29) is 11.6 Å². The highest BCUT2D eigenvalue weighted by atomic mass is 16.6. The lowest BCUT2D eigenvalue weighted by molar-refractivity contribution is -0.384. The second-order valence-corrected chi connectivity index (χ2v) is 4.81. The number of nitro groups is 1. The van der Waals surface area contributed by atoms with Gasteiger partial charge in [0.25, 0.3) is 11.6 Å². The molecule has 104 valence electrons. The van der Waals surface area contributed by atoms with Crippen LogP contribution in [0.15, 0.2) is 18.2 Å². The van der Waals surface area contributed by atoms with E-state index in [1.165, 1.54) is 19.2 Å². The Balaban J connectivity index is 3.23. The first-order valence-electron chi connectivity index (χ1n) is 6.08. The van der Waals surface area contributed by atoms with Gasteiger partial charge >= 0.3 is 0 Å². The van der Waals surface area contributed by atoms with Crippen LogP contribution in [-0.4, -0.2) is 31.5 Å². The number of nitrogens with zero attached hydrogens (tertiary/aromatic N) is 2. The first-order chi connectivity index (χ1) is 8.86. The smallest absolute Gasteiger partial charge is 0.270 e. The van der Waals surface area contributed by atoms with Crippen LogP contribution in [-0.2, 0) is 0 Å². The Morgan fingerprint density at radius 3 is 2.58 bits per heavy atom. The van der Waals surface area contributed by atoms with Gasteiger partial charge in [-0.05, 0) is 12.0 Å². The number of benzene rings is 1. The number of amides is 1. The number of carbonyl (C=O) groups is 1. The molecule has 1 rings (SSSR count). The van der Waals surface area contributed by atoms with Crippen molar-refractivity contribution in [2.24, 2.45) is 5.92 Å². The van der Waals surface area contributed by atoms with Crippen LogP contribution in [0.4, 0.5) is 11.4 Å². The SMILES string of the molecule is CNC(=O)c1cc([N+](=O)[O-])ccc1N(C)CC(C)C. The Kier molecular flexibility index (Phi) is 4.86. The number of rotatable bonds is 5. The lowest BCUT2D eigenvalue weighted by atomic mass is 10.1. The fraction of sp³-hybridized carbons (Fsp3) is 0.462. The summed E-state index contributed by atoms with van der Waals surface area (Å²) in [5, 5.41) is 13.3. The van der Waals surface area contributed by atoms with E-state index in [0.717, 1.165) is 6.54 Å². The number of carbonyl (C=O) groups excluding carboxylic acids is 1. The molecule has 1 N–H and O–H groups in total. The van der Waals surface area contributed by atoms with Crippen molar-refractivity contribution >= 4 is 17.3 Å². The zero-order valence-corrected chi connectivity index (χ0v) is 11.6.